The molecule has 1 aliphatic heterocycles. The number of benzene rings is 1. The van der Waals surface area contributed by atoms with Crippen molar-refractivity contribution in [1.29, 1.82) is 0 Å². The SMILES string of the molecule is CCCOCCOC(=O)C1=C(C)NC(C)=C(C(=O)OCCOCCC)C1c1ccccc1OC(F)F. The lowest BCUT2D eigenvalue weighted by atomic mass is 9.80. The third-order valence-corrected chi connectivity index (χ3v) is 5.26. The average Bonchev–Trinajstić information content (AvgIpc) is 2.83. The Kier molecular flexibility index (Phi) is 12.4. The molecule has 0 radical (unpaired) electrons. The molecule has 0 aliphatic carbocycles. The molecule has 0 unspecified atom stereocenters. The summed E-state index contributed by atoms with van der Waals surface area (Å²) in [5.41, 5.74) is 1.24. The van der Waals surface area contributed by atoms with Gasteiger partial charge in [0.25, 0.3) is 0 Å². The van der Waals surface area contributed by atoms with Gasteiger partial charge in [-0.3, -0.25) is 0 Å². The first-order chi connectivity index (χ1) is 17.3. The molecule has 0 saturated heterocycles. The summed E-state index contributed by atoms with van der Waals surface area (Å²) in [6, 6.07) is 6.03. The molecule has 0 amide bonds. The quantitative estimate of drug-likeness (QED) is 0.273. The van der Waals surface area contributed by atoms with Gasteiger partial charge in [0, 0.05) is 30.2 Å². The summed E-state index contributed by atoms with van der Waals surface area (Å²) < 4.78 is 52.7. The molecule has 0 spiro atoms. The van der Waals surface area contributed by atoms with Gasteiger partial charge in [0.05, 0.1) is 30.3 Å². The normalized spacial score (nSPS) is 14.2. The summed E-state index contributed by atoms with van der Waals surface area (Å²) in [6.07, 6.45) is 1.65. The lowest BCUT2D eigenvalue weighted by Crippen LogP contribution is -2.33. The predicted molar refractivity (Wildman–Crippen MR) is 128 cm³/mol. The number of rotatable bonds is 15. The van der Waals surface area contributed by atoms with Crippen LogP contribution in [0.2, 0.25) is 0 Å². The summed E-state index contributed by atoms with van der Waals surface area (Å²) in [4.78, 5) is 26.4. The fourth-order valence-electron chi connectivity index (χ4n) is 3.80. The summed E-state index contributed by atoms with van der Waals surface area (Å²) in [5.74, 6) is -2.63. The van der Waals surface area contributed by atoms with E-state index in [0.29, 0.717) is 24.6 Å². The summed E-state index contributed by atoms with van der Waals surface area (Å²) in [6.45, 7) is 5.58. The van der Waals surface area contributed by atoms with Gasteiger partial charge in [-0.15, -0.1) is 0 Å². The van der Waals surface area contributed by atoms with E-state index in [1.807, 2.05) is 13.8 Å². The molecule has 10 heteroatoms. The number of nitrogens with one attached hydrogen (secondary N) is 1. The van der Waals surface area contributed by atoms with E-state index in [0.717, 1.165) is 12.8 Å². The van der Waals surface area contributed by atoms with E-state index in [9.17, 15) is 18.4 Å². The van der Waals surface area contributed by atoms with Crippen molar-refractivity contribution >= 4 is 11.9 Å². The minimum atomic E-state index is -3.10. The van der Waals surface area contributed by atoms with Crippen LogP contribution in [0.25, 0.3) is 0 Å². The van der Waals surface area contributed by atoms with E-state index in [2.05, 4.69) is 5.32 Å². The maximum absolute atomic E-state index is 13.2. The third-order valence-electron chi connectivity index (χ3n) is 5.26. The second kappa shape index (κ2) is 15.2. The van der Waals surface area contributed by atoms with Gasteiger partial charge in [-0.05, 0) is 32.8 Å². The number of halogens is 2. The van der Waals surface area contributed by atoms with Crippen LogP contribution < -0.4 is 10.1 Å². The van der Waals surface area contributed by atoms with Crippen LogP contribution >= 0.6 is 0 Å². The van der Waals surface area contributed by atoms with E-state index in [4.69, 9.17) is 23.7 Å². The van der Waals surface area contributed by atoms with Crippen molar-refractivity contribution < 1.29 is 42.1 Å². The Morgan fingerprint density at radius 2 is 1.33 bits per heavy atom. The first kappa shape index (κ1) is 29.3. The molecule has 0 bridgehead atoms. The fourth-order valence-corrected chi connectivity index (χ4v) is 3.80. The molecule has 1 N–H and O–H groups in total. The molecular formula is C26H35F2NO7. The lowest BCUT2D eigenvalue weighted by Gasteiger charge is -2.31. The smallest absolute Gasteiger partial charge is 0.387 e. The standard InChI is InChI=1S/C26H35F2NO7/c1-5-11-32-13-15-34-24(30)21-17(3)29-18(4)22(25(31)35-16-14-33-12-6-2)23(21)19-9-7-8-10-20(19)36-26(27)28/h7-10,23,26,29H,5-6,11-16H2,1-4H3. The number of hydrogen-bond donors (Lipinski definition) is 1. The molecule has 1 aromatic carbocycles. The molecular weight excluding hydrogens is 476 g/mol. The van der Waals surface area contributed by atoms with Crippen LogP contribution in [0.5, 0.6) is 5.75 Å². The number of ether oxygens (including phenoxy) is 5. The lowest BCUT2D eigenvalue weighted by molar-refractivity contribution is -0.141. The fraction of sp³-hybridized carbons (Fsp3) is 0.538. The van der Waals surface area contributed by atoms with Crippen molar-refractivity contribution in [3.63, 3.8) is 0 Å². The maximum Gasteiger partial charge on any atom is 0.387 e. The van der Waals surface area contributed by atoms with Crippen molar-refractivity contribution in [3.8, 4) is 5.75 Å². The Bertz CT molecular complexity index is 898. The van der Waals surface area contributed by atoms with Crippen LogP contribution in [0.4, 0.5) is 8.78 Å². The van der Waals surface area contributed by atoms with Crippen LogP contribution in [-0.2, 0) is 28.5 Å². The molecule has 1 heterocycles. The Morgan fingerprint density at radius 1 is 0.833 bits per heavy atom. The highest BCUT2D eigenvalue weighted by atomic mass is 19.3. The number of carbonyl (C=O) groups excluding carboxylic acids is 2. The van der Waals surface area contributed by atoms with Gasteiger partial charge in [-0.25, -0.2) is 9.59 Å². The van der Waals surface area contributed by atoms with Gasteiger partial charge in [-0.1, -0.05) is 32.0 Å². The van der Waals surface area contributed by atoms with Crippen LogP contribution in [0.3, 0.4) is 0 Å². The molecule has 0 fully saturated rings. The molecule has 8 nitrogen and oxygen atoms in total. The van der Waals surface area contributed by atoms with Crippen molar-refractivity contribution in [3.05, 3.63) is 52.4 Å². The Labute approximate surface area is 210 Å². The number of alkyl halides is 2. The van der Waals surface area contributed by atoms with Gasteiger partial charge >= 0.3 is 18.6 Å². The maximum atomic E-state index is 13.2. The second-order valence-corrected chi connectivity index (χ2v) is 8.05. The topological polar surface area (TPSA) is 92.3 Å². The van der Waals surface area contributed by atoms with Crippen molar-refractivity contribution in [1.82, 2.24) is 5.32 Å². The Morgan fingerprint density at radius 3 is 1.81 bits per heavy atom. The van der Waals surface area contributed by atoms with E-state index < -0.39 is 24.5 Å². The van der Waals surface area contributed by atoms with Gasteiger partial charge in [0.2, 0.25) is 0 Å². The Balaban J connectivity index is 2.42. The van der Waals surface area contributed by atoms with Crippen LogP contribution in [0.1, 0.15) is 52.0 Å². The van der Waals surface area contributed by atoms with Crippen molar-refractivity contribution in [2.75, 3.05) is 39.6 Å². The first-order valence-electron chi connectivity index (χ1n) is 12.0. The highest BCUT2D eigenvalue weighted by molar-refractivity contribution is 6.00. The number of dihydropyridines is 1. The largest absolute Gasteiger partial charge is 0.460 e. The van der Waals surface area contributed by atoms with E-state index in [-0.39, 0.29) is 48.9 Å². The number of carbonyl (C=O) groups is 2. The number of para-hydroxylation sites is 1. The van der Waals surface area contributed by atoms with Gasteiger partial charge < -0.3 is 29.0 Å². The third kappa shape index (κ3) is 8.30. The van der Waals surface area contributed by atoms with Gasteiger partial charge in [-0.2, -0.15) is 8.78 Å². The number of allylic oxidation sites excluding steroid dienone is 2. The zero-order valence-electron chi connectivity index (χ0n) is 21.2. The minimum Gasteiger partial charge on any atom is -0.460 e. The van der Waals surface area contributed by atoms with E-state index in [1.54, 1.807) is 19.9 Å². The molecule has 36 heavy (non-hydrogen) atoms. The highest BCUT2D eigenvalue weighted by Crippen LogP contribution is 2.43. The van der Waals surface area contributed by atoms with E-state index in [1.165, 1.54) is 18.2 Å². The summed E-state index contributed by atoms with van der Waals surface area (Å²) in [5, 5.41) is 3.03. The van der Waals surface area contributed by atoms with Crippen LogP contribution in [0.15, 0.2) is 46.8 Å². The number of esters is 2. The zero-order valence-corrected chi connectivity index (χ0v) is 21.2. The second-order valence-electron chi connectivity index (χ2n) is 8.05. The Hall–Kier alpha value is -2.98. The van der Waals surface area contributed by atoms with E-state index >= 15 is 0 Å². The molecule has 0 atom stereocenters. The average molecular weight is 512 g/mol. The summed E-state index contributed by atoms with van der Waals surface area (Å²) in [7, 11) is 0. The van der Waals surface area contributed by atoms with Crippen molar-refractivity contribution in [2.45, 2.75) is 53.1 Å². The first-order valence-corrected chi connectivity index (χ1v) is 12.0. The molecule has 200 valence electrons. The molecule has 0 saturated carbocycles. The number of hydrogen-bond acceptors (Lipinski definition) is 8. The minimum absolute atomic E-state index is 0.00520. The molecule has 1 aromatic rings. The zero-order chi connectivity index (χ0) is 26.5. The summed E-state index contributed by atoms with van der Waals surface area (Å²) >= 11 is 0. The monoisotopic (exact) mass is 511 g/mol. The predicted octanol–water partition coefficient (Wildman–Crippen LogP) is 4.46. The van der Waals surface area contributed by atoms with Crippen molar-refractivity contribution in [2.24, 2.45) is 0 Å². The van der Waals surface area contributed by atoms with Gasteiger partial charge in [0.1, 0.15) is 19.0 Å². The van der Waals surface area contributed by atoms with Crippen LogP contribution in [0, 0.1) is 0 Å². The molecule has 1 aliphatic rings. The van der Waals surface area contributed by atoms with Gasteiger partial charge in [0.15, 0.2) is 0 Å². The molecule has 0 aromatic heterocycles. The molecule has 2 rings (SSSR count). The highest BCUT2D eigenvalue weighted by Gasteiger charge is 2.39. The van der Waals surface area contributed by atoms with Crippen LogP contribution in [-0.4, -0.2) is 58.2 Å².